The van der Waals surface area contributed by atoms with E-state index in [2.05, 4.69) is 50.1 Å². The summed E-state index contributed by atoms with van der Waals surface area (Å²) in [4.78, 5) is 2.18. The Balaban J connectivity index is 2.46. The van der Waals surface area contributed by atoms with Crippen LogP contribution in [-0.4, -0.2) is 13.1 Å². The van der Waals surface area contributed by atoms with Gasteiger partial charge in [0.1, 0.15) is 0 Å². The van der Waals surface area contributed by atoms with Gasteiger partial charge in [-0.2, -0.15) is 0 Å². The van der Waals surface area contributed by atoms with E-state index < -0.39 is 0 Å². The van der Waals surface area contributed by atoms with Gasteiger partial charge in [-0.1, -0.05) is 23.7 Å². The number of rotatable bonds is 4. The van der Waals surface area contributed by atoms with E-state index in [-0.39, 0.29) is 6.04 Å². The molecule has 1 atom stereocenters. The van der Waals surface area contributed by atoms with Crippen LogP contribution in [0.5, 0.6) is 0 Å². The fourth-order valence-corrected chi connectivity index (χ4v) is 2.82. The maximum Gasteiger partial charge on any atom is 0.0456 e. The number of hydrogen-bond donors (Lipinski definition) is 1. The van der Waals surface area contributed by atoms with Gasteiger partial charge in [-0.25, -0.2) is 0 Å². The lowest BCUT2D eigenvalue weighted by atomic mass is 10.0. The van der Waals surface area contributed by atoms with Crippen molar-refractivity contribution in [2.75, 3.05) is 11.9 Å². The molecule has 0 aromatic heterocycles. The molecule has 0 aliphatic heterocycles. The molecule has 2 nitrogen and oxygen atoms in total. The quantitative estimate of drug-likeness (QED) is 0.893. The highest BCUT2D eigenvalue weighted by Crippen LogP contribution is 2.31. The third-order valence-corrected chi connectivity index (χ3v) is 3.78. The Kier molecular flexibility index (Phi) is 4.92. The molecule has 21 heavy (non-hydrogen) atoms. The molecule has 1 unspecified atom stereocenters. The van der Waals surface area contributed by atoms with E-state index in [9.17, 15) is 0 Å². The van der Waals surface area contributed by atoms with Crippen LogP contribution >= 0.6 is 11.6 Å². The molecule has 0 amide bonds. The van der Waals surface area contributed by atoms with Crippen molar-refractivity contribution in [3.63, 3.8) is 0 Å². The molecule has 0 radical (unpaired) electrons. The van der Waals surface area contributed by atoms with Gasteiger partial charge in [-0.15, -0.1) is 0 Å². The van der Waals surface area contributed by atoms with Gasteiger partial charge >= 0.3 is 0 Å². The minimum atomic E-state index is 0.123. The lowest BCUT2D eigenvalue weighted by Gasteiger charge is -2.24. The highest BCUT2D eigenvalue weighted by atomic mass is 35.5. The largest absolute Gasteiger partial charge is 0.344 e. The Bertz CT molecular complexity index is 615. The van der Waals surface area contributed by atoms with Crippen LogP contribution < -0.4 is 10.6 Å². The highest BCUT2D eigenvalue weighted by Gasteiger charge is 2.12. The number of anilines is 2. The van der Waals surface area contributed by atoms with Gasteiger partial charge in [0.15, 0.2) is 0 Å². The van der Waals surface area contributed by atoms with Crippen LogP contribution in [0, 0.1) is 13.8 Å². The van der Waals surface area contributed by atoms with Gasteiger partial charge in [-0.3, -0.25) is 0 Å². The van der Waals surface area contributed by atoms with Crippen LogP contribution in [0.15, 0.2) is 36.4 Å². The van der Waals surface area contributed by atoms with Crippen LogP contribution in [0.4, 0.5) is 11.4 Å². The molecule has 2 aromatic carbocycles. The Labute approximate surface area is 132 Å². The first-order valence-electron chi connectivity index (χ1n) is 7.23. The first kappa shape index (κ1) is 15.9. The van der Waals surface area contributed by atoms with Gasteiger partial charge in [-0.05, 0) is 68.1 Å². The van der Waals surface area contributed by atoms with Crippen LogP contribution in [-0.2, 0) is 6.42 Å². The zero-order valence-corrected chi connectivity index (χ0v) is 13.9. The smallest absolute Gasteiger partial charge is 0.0456 e. The van der Waals surface area contributed by atoms with E-state index in [1.165, 1.54) is 22.4 Å². The van der Waals surface area contributed by atoms with E-state index in [0.29, 0.717) is 0 Å². The van der Waals surface area contributed by atoms with Crippen molar-refractivity contribution in [2.45, 2.75) is 33.2 Å². The SMILES string of the molecule is Cc1cc(C)cc(N(C)c2cc(Cl)ccc2CC(C)N)c1. The van der Waals surface area contributed by atoms with Gasteiger partial charge in [0.05, 0.1) is 0 Å². The second-order valence-electron chi connectivity index (χ2n) is 5.86. The third-order valence-electron chi connectivity index (χ3n) is 3.54. The van der Waals surface area contributed by atoms with Crippen molar-refractivity contribution >= 4 is 23.0 Å². The van der Waals surface area contributed by atoms with Gasteiger partial charge in [0.2, 0.25) is 0 Å². The molecule has 0 heterocycles. The number of aryl methyl sites for hydroxylation is 2. The molecule has 0 fully saturated rings. The average molecular weight is 303 g/mol. The van der Waals surface area contributed by atoms with Gasteiger partial charge in [0.25, 0.3) is 0 Å². The maximum absolute atomic E-state index is 6.19. The Morgan fingerprint density at radius 1 is 1.10 bits per heavy atom. The van der Waals surface area contributed by atoms with Crippen molar-refractivity contribution in [1.29, 1.82) is 0 Å². The summed E-state index contributed by atoms with van der Waals surface area (Å²) in [5.41, 5.74) is 12.0. The fraction of sp³-hybridized carbons (Fsp3) is 0.333. The number of hydrogen-bond acceptors (Lipinski definition) is 2. The number of halogens is 1. The summed E-state index contributed by atoms with van der Waals surface area (Å²) in [5.74, 6) is 0. The Morgan fingerprint density at radius 3 is 2.29 bits per heavy atom. The van der Waals surface area contributed by atoms with Crippen molar-refractivity contribution in [1.82, 2.24) is 0 Å². The molecule has 2 aromatic rings. The predicted octanol–water partition coefficient (Wildman–Crippen LogP) is 4.61. The summed E-state index contributed by atoms with van der Waals surface area (Å²) >= 11 is 6.19. The maximum atomic E-state index is 6.19. The summed E-state index contributed by atoms with van der Waals surface area (Å²) < 4.78 is 0. The van der Waals surface area contributed by atoms with E-state index in [0.717, 1.165) is 17.1 Å². The lowest BCUT2D eigenvalue weighted by molar-refractivity contribution is 0.737. The van der Waals surface area contributed by atoms with Crippen molar-refractivity contribution in [3.05, 3.63) is 58.1 Å². The minimum absolute atomic E-state index is 0.123. The second-order valence-corrected chi connectivity index (χ2v) is 6.30. The highest BCUT2D eigenvalue weighted by molar-refractivity contribution is 6.30. The first-order valence-corrected chi connectivity index (χ1v) is 7.60. The van der Waals surface area contributed by atoms with Crippen LogP contribution in [0.2, 0.25) is 5.02 Å². The monoisotopic (exact) mass is 302 g/mol. The molecule has 0 aliphatic rings. The van der Waals surface area contributed by atoms with E-state index in [4.69, 9.17) is 17.3 Å². The molecule has 2 rings (SSSR count). The average Bonchev–Trinajstić information content (AvgIpc) is 2.38. The zero-order valence-electron chi connectivity index (χ0n) is 13.2. The summed E-state index contributed by atoms with van der Waals surface area (Å²) in [6, 6.07) is 12.7. The van der Waals surface area contributed by atoms with Gasteiger partial charge in [0, 0.05) is 29.5 Å². The molecule has 3 heteroatoms. The number of nitrogens with two attached hydrogens (primary N) is 1. The van der Waals surface area contributed by atoms with Crippen molar-refractivity contribution in [2.24, 2.45) is 5.73 Å². The predicted molar refractivity (Wildman–Crippen MR) is 92.8 cm³/mol. The molecule has 0 aliphatic carbocycles. The summed E-state index contributed by atoms with van der Waals surface area (Å²) in [6.07, 6.45) is 0.835. The Morgan fingerprint density at radius 2 is 1.71 bits per heavy atom. The Hall–Kier alpha value is -1.51. The molecule has 0 bridgehead atoms. The molecule has 0 saturated carbocycles. The van der Waals surface area contributed by atoms with Crippen molar-refractivity contribution in [3.8, 4) is 0 Å². The lowest BCUT2D eigenvalue weighted by Crippen LogP contribution is -2.20. The molecule has 0 spiro atoms. The third kappa shape index (κ3) is 3.99. The normalized spacial score (nSPS) is 12.3. The zero-order chi connectivity index (χ0) is 15.6. The van der Waals surface area contributed by atoms with Crippen LogP contribution in [0.1, 0.15) is 23.6 Å². The van der Waals surface area contributed by atoms with Crippen LogP contribution in [0.25, 0.3) is 0 Å². The summed E-state index contributed by atoms with van der Waals surface area (Å²) in [6.45, 7) is 6.26. The van der Waals surface area contributed by atoms with Crippen molar-refractivity contribution < 1.29 is 0 Å². The summed E-state index contributed by atoms with van der Waals surface area (Å²) in [5, 5.41) is 0.745. The second kappa shape index (κ2) is 6.50. The fourth-order valence-electron chi connectivity index (χ4n) is 2.65. The molecule has 0 saturated heterocycles. The van der Waals surface area contributed by atoms with E-state index in [1.807, 2.05) is 19.1 Å². The topological polar surface area (TPSA) is 29.3 Å². The van der Waals surface area contributed by atoms with E-state index >= 15 is 0 Å². The first-order chi connectivity index (χ1) is 9.86. The van der Waals surface area contributed by atoms with E-state index in [1.54, 1.807) is 0 Å². The number of benzene rings is 2. The molecular formula is C18H23ClN2. The molecule has 112 valence electrons. The number of nitrogens with zero attached hydrogens (tertiary/aromatic N) is 1. The molecular weight excluding hydrogens is 280 g/mol. The minimum Gasteiger partial charge on any atom is -0.344 e. The molecule has 2 N–H and O–H groups in total. The van der Waals surface area contributed by atoms with Crippen LogP contribution in [0.3, 0.4) is 0 Å². The standard InChI is InChI=1S/C18H23ClN2/c1-12-7-13(2)9-17(8-12)21(4)18-11-16(19)6-5-15(18)10-14(3)20/h5-9,11,14H,10,20H2,1-4H3. The van der Waals surface area contributed by atoms with Gasteiger partial charge < -0.3 is 10.6 Å². The summed E-state index contributed by atoms with van der Waals surface area (Å²) in [7, 11) is 2.07.